The summed E-state index contributed by atoms with van der Waals surface area (Å²) in [6.45, 7) is 2.25. The second-order valence-electron chi connectivity index (χ2n) is 4.58. The highest BCUT2D eigenvalue weighted by Gasteiger charge is 2.24. The van der Waals surface area contributed by atoms with Gasteiger partial charge in [0, 0.05) is 32.2 Å². The molecule has 0 saturated carbocycles. The summed E-state index contributed by atoms with van der Waals surface area (Å²) in [4.78, 5) is 1.96. The van der Waals surface area contributed by atoms with Gasteiger partial charge in [-0.3, -0.25) is 9.29 Å². The quantitative estimate of drug-likeness (QED) is 0.679. The summed E-state index contributed by atoms with van der Waals surface area (Å²) >= 11 is 0. The first kappa shape index (κ1) is 17.2. The van der Waals surface area contributed by atoms with Gasteiger partial charge in [0.25, 0.3) is 0 Å². The van der Waals surface area contributed by atoms with Gasteiger partial charge in [0.1, 0.15) is 0 Å². The van der Waals surface area contributed by atoms with Gasteiger partial charge in [-0.2, -0.15) is 0 Å². The lowest BCUT2D eigenvalue weighted by Gasteiger charge is -2.35. The molecule has 7 heteroatoms. The van der Waals surface area contributed by atoms with E-state index in [-0.39, 0.29) is 24.4 Å². The molecule has 1 atom stereocenters. The van der Waals surface area contributed by atoms with Gasteiger partial charge in [-0.25, -0.2) is 13.2 Å². The summed E-state index contributed by atoms with van der Waals surface area (Å²) in [5, 5.41) is 3.15. The molecular weight excluding hydrogens is 296 g/mol. The number of nitrogens with one attached hydrogen (secondary N) is 1. The number of alkyl halides is 1. The van der Waals surface area contributed by atoms with Crippen molar-refractivity contribution in [1.82, 2.24) is 10.2 Å². The molecular formula is C13H17ClF4N2. The second kappa shape index (κ2) is 7.81. The monoisotopic (exact) mass is 312 g/mol. The normalized spacial score (nSPS) is 17.6. The Kier molecular flexibility index (Phi) is 6.71. The van der Waals surface area contributed by atoms with Crippen LogP contribution in [0.25, 0.3) is 0 Å². The first-order valence-electron chi connectivity index (χ1n) is 6.28. The first-order valence-corrected chi connectivity index (χ1v) is 6.28. The third-order valence-electron chi connectivity index (χ3n) is 3.37. The van der Waals surface area contributed by atoms with Gasteiger partial charge in [0.15, 0.2) is 17.5 Å². The summed E-state index contributed by atoms with van der Waals surface area (Å²) in [5.41, 5.74) is 0.288. The molecule has 1 fully saturated rings. The Morgan fingerprint density at radius 3 is 2.15 bits per heavy atom. The van der Waals surface area contributed by atoms with E-state index in [0.29, 0.717) is 13.1 Å². The number of nitrogens with zero attached hydrogens (tertiary/aromatic N) is 1. The molecule has 114 valence electrons. The Hall–Kier alpha value is -0.850. The minimum Gasteiger partial charge on any atom is -0.314 e. The molecule has 1 saturated heterocycles. The predicted octanol–water partition coefficient (Wildman–Crippen LogP) is 2.83. The van der Waals surface area contributed by atoms with E-state index in [4.69, 9.17) is 0 Å². The summed E-state index contributed by atoms with van der Waals surface area (Å²) in [5.74, 6) is -3.94. The predicted molar refractivity (Wildman–Crippen MR) is 71.3 cm³/mol. The Morgan fingerprint density at radius 1 is 1.10 bits per heavy atom. The van der Waals surface area contributed by atoms with Gasteiger partial charge in [-0.15, -0.1) is 12.4 Å². The Balaban J connectivity index is 0.00000200. The topological polar surface area (TPSA) is 15.3 Å². The van der Waals surface area contributed by atoms with Crippen LogP contribution >= 0.6 is 12.4 Å². The van der Waals surface area contributed by atoms with Crippen molar-refractivity contribution in [3.63, 3.8) is 0 Å². The highest BCUT2D eigenvalue weighted by atomic mass is 35.5. The van der Waals surface area contributed by atoms with E-state index >= 15 is 0 Å². The molecule has 1 aromatic rings. The standard InChI is InChI=1S/C13H16F4N2.ClH/c14-2-1-12(19-5-3-18-4-6-19)9-7-10(15)13(17)11(16)8-9;/h7-8,12,18H,1-6H2;1H/t12-;/m0./s1. The minimum absolute atomic E-state index is 0. The van der Waals surface area contributed by atoms with Crippen molar-refractivity contribution in [2.24, 2.45) is 0 Å². The number of hydrogen-bond donors (Lipinski definition) is 1. The molecule has 0 unspecified atom stereocenters. The van der Waals surface area contributed by atoms with Crippen LogP contribution in [0.15, 0.2) is 12.1 Å². The fourth-order valence-electron chi connectivity index (χ4n) is 2.42. The summed E-state index contributed by atoms with van der Waals surface area (Å²) < 4.78 is 52.2. The number of benzene rings is 1. The lowest BCUT2D eigenvalue weighted by molar-refractivity contribution is 0.156. The molecule has 0 aromatic heterocycles. The molecule has 1 N–H and O–H groups in total. The van der Waals surface area contributed by atoms with Crippen molar-refractivity contribution in [2.75, 3.05) is 32.9 Å². The second-order valence-corrected chi connectivity index (χ2v) is 4.58. The number of rotatable bonds is 4. The van der Waals surface area contributed by atoms with E-state index in [2.05, 4.69) is 5.32 Å². The van der Waals surface area contributed by atoms with Gasteiger partial charge in [0.05, 0.1) is 6.67 Å². The third kappa shape index (κ3) is 3.84. The molecule has 0 radical (unpaired) electrons. The maximum absolute atomic E-state index is 13.3. The Bertz CT molecular complexity index is 415. The number of piperazine rings is 1. The molecule has 20 heavy (non-hydrogen) atoms. The summed E-state index contributed by atoms with van der Waals surface area (Å²) in [7, 11) is 0. The Labute approximate surface area is 121 Å². The maximum atomic E-state index is 13.3. The molecule has 0 amide bonds. The highest BCUT2D eigenvalue weighted by Crippen LogP contribution is 2.27. The van der Waals surface area contributed by atoms with Crippen LogP contribution in [-0.4, -0.2) is 37.8 Å². The van der Waals surface area contributed by atoms with Gasteiger partial charge in [-0.1, -0.05) is 0 Å². The molecule has 0 aliphatic carbocycles. The van der Waals surface area contributed by atoms with E-state index < -0.39 is 30.2 Å². The third-order valence-corrected chi connectivity index (χ3v) is 3.37. The first-order chi connectivity index (χ1) is 9.13. The average molecular weight is 313 g/mol. The number of hydrogen-bond acceptors (Lipinski definition) is 2. The maximum Gasteiger partial charge on any atom is 0.194 e. The van der Waals surface area contributed by atoms with Crippen molar-refractivity contribution in [1.29, 1.82) is 0 Å². The largest absolute Gasteiger partial charge is 0.314 e. The lowest BCUT2D eigenvalue weighted by Crippen LogP contribution is -2.45. The summed E-state index contributed by atoms with van der Waals surface area (Å²) in [6.07, 6.45) is 0.143. The van der Waals surface area contributed by atoms with Crippen LogP contribution in [-0.2, 0) is 0 Å². The van der Waals surface area contributed by atoms with Crippen molar-refractivity contribution in [3.05, 3.63) is 35.1 Å². The van der Waals surface area contributed by atoms with Crippen LogP contribution in [0.2, 0.25) is 0 Å². The van der Waals surface area contributed by atoms with Crippen LogP contribution in [0.4, 0.5) is 17.6 Å². The van der Waals surface area contributed by atoms with E-state index in [0.717, 1.165) is 25.2 Å². The van der Waals surface area contributed by atoms with E-state index in [1.165, 1.54) is 0 Å². The van der Waals surface area contributed by atoms with Gasteiger partial charge < -0.3 is 5.32 Å². The summed E-state index contributed by atoms with van der Waals surface area (Å²) in [6, 6.07) is 1.50. The molecule has 1 heterocycles. The van der Waals surface area contributed by atoms with E-state index in [1.807, 2.05) is 4.90 Å². The van der Waals surface area contributed by atoms with Crippen LogP contribution in [0.3, 0.4) is 0 Å². The van der Waals surface area contributed by atoms with Gasteiger partial charge >= 0.3 is 0 Å². The zero-order chi connectivity index (χ0) is 13.8. The molecule has 2 rings (SSSR count). The lowest BCUT2D eigenvalue weighted by atomic mass is 10.0. The molecule has 1 aliphatic heterocycles. The molecule has 0 bridgehead atoms. The van der Waals surface area contributed by atoms with Crippen LogP contribution in [0.5, 0.6) is 0 Å². The van der Waals surface area contributed by atoms with Gasteiger partial charge in [-0.05, 0) is 24.1 Å². The fraction of sp³-hybridized carbons (Fsp3) is 0.538. The molecule has 1 aliphatic rings. The zero-order valence-corrected chi connectivity index (χ0v) is 11.7. The van der Waals surface area contributed by atoms with Crippen molar-refractivity contribution in [3.8, 4) is 0 Å². The Morgan fingerprint density at radius 2 is 1.65 bits per heavy atom. The van der Waals surface area contributed by atoms with Crippen molar-refractivity contribution < 1.29 is 17.6 Å². The number of halogens is 5. The van der Waals surface area contributed by atoms with Crippen LogP contribution in [0.1, 0.15) is 18.0 Å². The smallest absolute Gasteiger partial charge is 0.194 e. The molecule has 1 aromatic carbocycles. The average Bonchev–Trinajstić information content (AvgIpc) is 2.42. The fourth-order valence-corrected chi connectivity index (χ4v) is 2.42. The van der Waals surface area contributed by atoms with Gasteiger partial charge in [0.2, 0.25) is 0 Å². The van der Waals surface area contributed by atoms with Crippen molar-refractivity contribution in [2.45, 2.75) is 12.5 Å². The van der Waals surface area contributed by atoms with Crippen molar-refractivity contribution >= 4 is 12.4 Å². The SMILES string of the molecule is Cl.FCC[C@@H](c1cc(F)c(F)c(F)c1)N1CCNCC1. The van der Waals surface area contributed by atoms with Crippen LogP contribution in [0, 0.1) is 17.5 Å². The molecule has 0 spiro atoms. The highest BCUT2D eigenvalue weighted by molar-refractivity contribution is 5.85. The minimum atomic E-state index is -1.48. The van der Waals surface area contributed by atoms with E-state index in [9.17, 15) is 17.6 Å². The van der Waals surface area contributed by atoms with E-state index in [1.54, 1.807) is 0 Å². The zero-order valence-electron chi connectivity index (χ0n) is 10.8. The van der Waals surface area contributed by atoms with Crippen LogP contribution < -0.4 is 5.32 Å². The molecule has 2 nitrogen and oxygen atoms in total.